The van der Waals surface area contributed by atoms with Gasteiger partial charge in [0.05, 0.1) is 10.6 Å². The second-order valence-corrected chi connectivity index (χ2v) is 4.71. The molecule has 1 amide bonds. The highest BCUT2D eigenvalue weighted by molar-refractivity contribution is 7.17. The van der Waals surface area contributed by atoms with E-state index in [0.717, 1.165) is 0 Å². The van der Waals surface area contributed by atoms with Crippen molar-refractivity contribution in [2.24, 2.45) is 0 Å². The lowest BCUT2D eigenvalue weighted by atomic mass is 10.3. The van der Waals surface area contributed by atoms with E-state index < -0.39 is 0 Å². The number of thiazole rings is 1. The number of hydrogen-bond donors (Lipinski definition) is 0. The normalized spacial score (nSPS) is 10.2. The van der Waals surface area contributed by atoms with Crippen LogP contribution in [0.25, 0.3) is 0 Å². The van der Waals surface area contributed by atoms with E-state index in [1.54, 1.807) is 14.0 Å². The van der Waals surface area contributed by atoms with Gasteiger partial charge in [-0.05, 0) is 6.92 Å². The van der Waals surface area contributed by atoms with Crippen molar-refractivity contribution < 1.29 is 9.59 Å². The Morgan fingerprint density at radius 2 is 2.12 bits per heavy atom. The molecule has 0 bridgehead atoms. The van der Waals surface area contributed by atoms with Crippen LogP contribution in [-0.4, -0.2) is 29.6 Å². The predicted octanol–water partition coefficient (Wildman–Crippen LogP) is 2.25. The first-order chi connectivity index (χ1) is 7.47. The maximum Gasteiger partial charge on any atom is 0.229 e. The Morgan fingerprint density at radius 1 is 1.50 bits per heavy atom. The summed E-state index contributed by atoms with van der Waals surface area (Å²) < 4.78 is 0. The van der Waals surface area contributed by atoms with Crippen LogP contribution in [0, 0.1) is 6.92 Å². The van der Waals surface area contributed by atoms with Crippen molar-refractivity contribution in [3.8, 4) is 0 Å². The predicted molar refractivity (Wildman–Crippen MR) is 65.6 cm³/mol. The van der Waals surface area contributed by atoms with Gasteiger partial charge in [-0.2, -0.15) is 0 Å². The highest BCUT2D eigenvalue weighted by Crippen LogP contribution is 2.25. The molecule has 0 aliphatic heterocycles. The molecule has 0 spiro atoms. The van der Waals surface area contributed by atoms with Gasteiger partial charge in [0.2, 0.25) is 5.91 Å². The molecule has 1 aromatic heterocycles. The minimum absolute atomic E-state index is 0.0283. The summed E-state index contributed by atoms with van der Waals surface area (Å²) in [4.78, 5) is 29.0. The number of carbonyl (C=O) groups excluding carboxylic acids is 2. The summed E-state index contributed by atoms with van der Waals surface area (Å²) in [5.41, 5.74) is 0.665. The van der Waals surface area contributed by atoms with Crippen molar-refractivity contribution in [2.45, 2.75) is 20.3 Å². The molecule has 0 atom stereocenters. The first kappa shape index (κ1) is 13.1. The fraction of sp³-hybridized carbons (Fsp3) is 0.500. The van der Waals surface area contributed by atoms with Crippen molar-refractivity contribution in [1.82, 2.24) is 4.98 Å². The van der Waals surface area contributed by atoms with Crippen LogP contribution in [0.3, 0.4) is 0 Å². The molecular weight excluding hydrogens is 248 g/mol. The van der Waals surface area contributed by atoms with Crippen molar-refractivity contribution in [2.75, 3.05) is 17.8 Å². The van der Waals surface area contributed by atoms with Gasteiger partial charge in [-0.3, -0.25) is 14.5 Å². The lowest BCUT2D eigenvalue weighted by Gasteiger charge is -2.12. The van der Waals surface area contributed by atoms with E-state index in [0.29, 0.717) is 15.7 Å². The lowest BCUT2D eigenvalue weighted by Crippen LogP contribution is -2.26. The van der Waals surface area contributed by atoms with E-state index in [1.807, 2.05) is 0 Å². The molecule has 0 unspecified atom stereocenters. The summed E-state index contributed by atoms with van der Waals surface area (Å²) in [5, 5.41) is 0.540. The molecule has 6 heteroatoms. The van der Waals surface area contributed by atoms with Crippen LogP contribution >= 0.6 is 22.9 Å². The van der Waals surface area contributed by atoms with Gasteiger partial charge in [0.25, 0.3) is 0 Å². The van der Waals surface area contributed by atoms with Crippen molar-refractivity contribution >= 4 is 39.8 Å². The van der Waals surface area contributed by atoms with Crippen LogP contribution < -0.4 is 4.90 Å². The molecule has 0 aliphatic rings. The van der Waals surface area contributed by atoms with E-state index in [9.17, 15) is 9.59 Å². The molecule has 88 valence electrons. The first-order valence-electron chi connectivity index (χ1n) is 4.78. The first-order valence-corrected chi connectivity index (χ1v) is 6.13. The van der Waals surface area contributed by atoms with Crippen molar-refractivity contribution in [1.29, 1.82) is 0 Å². The third-order valence-electron chi connectivity index (χ3n) is 2.07. The maximum absolute atomic E-state index is 11.6. The fourth-order valence-electron chi connectivity index (χ4n) is 1.21. The van der Waals surface area contributed by atoms with Crippen LogP contribution in [0.5, 0.6) is 0 Å². The van der Waals surface area contributed by atoms with Gasteiger partial charge in [0.15, 0.2) is 10.9 Å². The monoisotopic (exact) mass is 260 g/mol. The van der Waals surface area contributed by atoms with Gasteiger partial charge in [0, 0.05) is 26.3 Å². The second-order valence-electron chi connectivity index (χ2n) is 3.36. The minimum atomic E-state index is -0.0983. The fourth-order valence-corrected chi connectivity index (χ4v) is 2.31. The number of anilines is 1. The average Bonchev–Trinajstić information content (AvgIpc) is 2.59. The van der Waals surface area contributed by atoms with Gasteiger partial charge in [-0.1, -0.05) is 11.3 Å². The summed E-state index contributed by atoms with van der Waals surface area (Å²) in [6, 6.07) is 0. The highest BCUT2D eigenvalue weighted by atomic mass is 35.5. The number of rotatable bonds is 4. The van der Waals surface area contributed by atoms with E-state index in [1.165, 1.54) is 23.2 Å². The third kappa shape index (κ3) is 2.80. The zero-order valence-corrected chi connectivity index (χ0v) is 11.0. The maximum atomic E-state index is 11.6. The van der Waals surface area contributed by atoms with E-state index in [2.05, 4.69) is 4.98 Å². The molecule has 1 heterocycles. The Kier molecular flexibility index (Phi) is 4.44. The van der Waals surface area contributed by atoms with E-state index in [4.69, 9.17) is 11.6 Å². The van der Waals surface area contributed by atoms with Gasteiger partial charge in [0.1, 0.15) is 0 Å². The van der Waals surface area contributed by atoms with Crippen molar-refractivity contribution in [3.05, 3.63) is 10.6 Å². The molecule has 4 nitrogen and oxygen atoms in total. The topological polar surface area (TPSA) is 50.3 Å². The molecule has 1 rings (SSSR count). The highest BCUT2D eigenvalue weighted by Gasteiger charge is 2.17. The number of aryl methyl sites for hydroxylation is 1. The number of Topliss-reactive ketones (excluding diaryl/α,β-unsaturated/α-hetero) is 1. The van der Waals surface area contributed by atoms with Crippen LogP contribution in [0.1, 0.15) is 28.7 Å². The minimum Gasteiger partial charge on any atom is -0.294 e. The second kappa shape index (κ2) is 5.41. The summed E-state index contributed by atoms with van der Waals surface area (Å²) in [6.07, 6.45) is 0.270. The lowest BCUT2D eigenvalue weighted by molar-refractivity contribution is -0.117. The molecule has 0 aliphatic carbocycles. The molecule has 16 heavy (non-hydrogen) atoms. The Bertz CT molecular complexity index is 417. The number of halogens is 1. The number of amides is 1. The summed E-state index contributed by atoms with van der Waals surface area (Å²) in [6.45, 7) is 3.25. The van der Waals surface area contributed by atoms with Crippen LogP contribution in [0.15, 0.2) is 0 Å². The Morgan fingerprint density at radius 3 is 2.56 bits per heavy atom. The van der Waals surface area contributed by atoms with Crippen molar-refractivity contribution in [3.63, 3.8) is 0 Å². The van der Waals surface area contributed by atoms with Crippen LogP contribution in [-0.2, 0) is 4.79 Å². The zero-order valence-electron chi connectivity index (χ0n) is 9.41. The molecule has 0 saturated heterocycles. The average molecular weight is 261 g/mol. The van der Waals surface area contributed by atoms with Crippen LogP contribution in [0.4, 0.5) is 5.13 Å². The smallest absolute Gasteiger partial charge is 0.229 e. The quantitative estimate of drug-likeness (QED) is 0.616. The van der Waals surface area contributed by atoms with Gasteiger partial charge in [-0.15, -0.1) is 11.6 Å². The molecule has 0 saturated carbocycles. The SMILES string of the molecule is CC(=O)c1sc(N(C)C(=O)CCCl)nc1C. The molecule has 0 aromatic carbocycles. The van der Waals surface area contributed by atoms with Gasteiger partial charge >= 0.3 is 0 Å². The third-order valence-corrected chi connectivity index (χ3v) is 3.60. The Balaban J connectivity index is 2.92. The van der Waals surface area contributed by atoms with Crippen LogP contribution in [0.2, 0.25) is 0 Å². The molecule has 0 fully saturated rings. The number of aromatic nitrogens is 1. The van der Waals surface area contributed by atoms with E-state index in [-0.39, 0.29) is 24.0 Å². The molecular formula is C10H13ClN2O2S. The number of alkyl halides is 1. The van der Waals surface area contributed by atoms with E-state index >= 15 is 0 Å². The van der Waals surface area contributed by atoms with Gasteiger partial charge in [-0.25, -0.2) is 4.98 Å². The summed E-state index contributed by atoms with van der Waals surface area (Å²) >= 11 is 6.73. The molecule has 0 N–H and O–H groups in total. The standard InChI is InChI=1S/C10H13ClN2O2S/c1-6-9(7(2)14)16-10(12-6)13(3)8(15)4-5-11/h4-5H2,1-3H3. The number of hydrogen-bond acceptors (Lipinski definition) is 4. The summed E-state index contributed by atoms with van der Waals surface area (Å²) in [5.74, 6) is 0.158. The van der Waals surface area contributed by atoms with Gasteiger partial charge < -0.3 is 0 Å². The largest absolute Gasteiger partial charge is 0.294 e. The molecule has 1 aromatic rings. The Hall–Kier alpha value is -0.940. The zero-order chi connectivity index (χ0) is 12.3. The number of nitrogens with zero attached hydrogens (tertiary/aromatic N) is 2. The Labute approximate surface area is 103 Å². The number of ketones is 1. The molecule has 0 radical (unpaired) electrons. The number of carbonyl (C=O) groups is 2. The summed E-state index contributed by atoms with van der Waals surface area (Å²) in [7, 11) is 1.64.